The van der Waals surface area contributed by atoms with Crippen LogP contribution in [0.25, 0.3) is 10.6 Å². The van der Waals surface area contributed by atoms with Gasteiger partial charge in [0.25, 0.3) is 0 Å². The fourth-order valence-electron chi connectivity index (χ4n) is 1.88. The second-order valence-corrected chi connectivity index (χ2v) is 5.25. The molecule has 1 N–H and O–H groups in total. The number of anilines is 1. The maximum absolute atomic E-state index is 4.57. The van der Waals surface area contributed by atoms with Crippen LogP contribution in [0.5, 0.6) is 0 Å². The Kier molecular flexibility index (Phi) is 3.99. The summed E-state index contributed by atoms with van der Waals surface area (Å²) in [7, 11) is 0. The van der Waals surface area contributed by atoms with E-state index in [1.54, 1.807) is 23.7 Å². The molecule has 0 spiro atoms. The Balaban J connectivity index is 1.62. The quantitative estimate of drug-likeness (QED) is 0.780. The lowest BCUT2D eigenvalue weighted by Crippen LogP contribution is -2.06. The summed E-state index contributed by atoms with van der Waals surface area (Å²) in [6.07, 6.45) is 8.11. The molecule has 3 aromatic rings. The van der Waals surface area contributed by atoms with Crippen LogP contribution in [0.15, 0.2) is 54.4 Å². The average Bonchev–Trinajstić information content (AvgIpc) is 3.03. The van der Waals surface area contributed by atoms with Crippen LogP contribution in [-0.2, 0) is 6.42 Å². The molecule has 5 heteroatoms. The van der Waals surface area contributed by atoms with Crippen molar-refractivity contribution in [2.24, 2.45) is 0 Å². The number of thiophene rings is 1. The normalized spacial score (nSPS) is 10.4. The van der Waals surface area contributed by atoms with Crippen LogP contribution >= 0.6 is 11.3 Å². The molecule has 3 rings (SSSR count). The van der Waals surface area contributed by atoms with Crippen molar-refractivity contribution in [3.05, 3.63) is 60.0 Å². The standard InChI is InChI=1S/C15H14N4S/c1-2-14(20-9-1)13-10-17-11-15(19-13)18-8-5-12-3-6-16-7-4-12/h1-4,6-7,9-11H,5,8H2,(H,18,19). The molecule has 0 amide bonds. The largest absolute Gasteiger partial charge is 0.368 e. The van der Waals surface area contributed by atoms with Crippen molar-refractivity contribution in [3.63, 3.8) is 0 Å². The number of pyridine rings is 1. The zero-order valence-corrected chi connectivity index (χ0v) is 11.7. The van der Waals surface area contributed by atoms with E-state index in [9.17, 15) is 0 Å². The van der Waals surface area contributed by atoms with E-state index in [4.69, 9.17) is 0 Å². The highest BCUT2D eigenvalue weighted by Gasteiger charge is 2.02. The number of hydrogen-bond donors (Lipinski definition) is 1. The lowest BCUT2D eigenvalue weighted by Gasteiger charge is -2.06. The fourth-order valence-corrected chi connectivity index (χ4v) is 2.56. The molecule has 0 aliphatic carbocycles. The van der Waals surface area contributed by atoms with E-state index in [1.165, 1.54) is 5.56 Å². The van der Waals surface area contributed by atoms with Crippen LogP contribution < -0.4 is 5.32 Å². The molecule has 0 radical (unpaired) electrons. The van der Waals surface area contributed by atoms with Gasteiger partial charge in [0.1, 0.15) is 11.5 Å². The Morgan fingerprint density at radius 1 is 1.05 bits per heavy atom. The highest BCUT2D eigenvalue weighted by molar-refractivity contribution is 7.13. The van der Waals surface area contributed by atoms with Gasteiger partial charge in [-0.25, -0.2) is 4.98 Å². The summed E-state index contributed by atoms with van der Waals surface area (Å²) < 4.78 is 0. The SMILES string of the molecule is c1csc(-c2cncc(NCCc3ccncc3)n2)c1. The van der Waals surface area contributed by atoms with Crippen LogP contribution in [-0.4, -0.2) is 21.5 Å². The van der Waals surface area contributed by atoms with Crippen molar-refractivity contribution in [2.45, 2.75) is 6.42 Å². The minimum atomic E-state index is 0.810. The number of aromatic nitrogens is 3. The van der Waals surface area contributed by atoms with Crippen molar-refractivity contribution in [1.29, 1.82) is 0 Å². The lowest BCUT2D eigenvalue weighted by atomic mass is 10.2. The third-order valence-electron chi connectivity index (χ3n) is 2.88. The summed E-state index contributed by atoms with van der Waals surface area (Å²) in [5.41, 5.74) is 2.17. The number of nitrogens with zero attached hydrogens (tertiary/aromatic N) is 3. The Morgan fingerprint density at radius 2 is 1.95 bits per heavy atom. The van der Waals surface area contributed by atoms with E-state index < -0.39 is 0 Å². The molecule has 3 heterocycles. The van der Waals surface area contributed by atoms with E-state index in [-0.39, 0.29) is 0 Å². The Bertz CT molecular complexity index is 653. The maximum Gasteiger partial charge on any atom is 0.145 e. The third-order valence-corrected chi connectivity index (χ3v) is 3.77. The summed E-state index contributed by atoms with van der Waals surface area (Å²) in [6.45, 7) is 0.826. The van der Waals surface area contributed by atoms with Gasteiger partial charge in [0, 0.05) is 18.9 Å². The van der Waals surface area contributed by atoms with E-state index in [0.29, 0.717) is 0 Å². The van der Waals surface area contributed by atoms with Gasteiger partial charge in [-0.15, -0.1) is 11.3 Å². The third kappa shape index (κ3) is 3.19. The van der Waals surface area contributed by atoms with Crippen molar-refractivity contribution in [1.82, 2.24) is 15.0 Å². The van der Waals surface area contributed by atoms with Crippen molar-refractivity contribution in [3.8, 4) is 10.6 Å². The zero-order chi connectivity index (χ0) is 13.6. The van der Waals surface area contributed by atoms with Gasteiger partial charge in [-0.2, -0.15) is 0 Å². The Labute approximate surface area is 121 Å². The lowest BCUT2D eigenvalue weighted by molar-refractivity contribution is 0.995. The molecule has 0 atom stereocenters. The second kappa shape index (κ2) is 6.25. The average molecular weight is 282 g/mol. The van der Waals surface area contributed by atoms with Gasteiger partial charge in [-0.1, -0.05) is 6.07 Å². The molecule has 0 aromatic carbocycles. The summed E-state index contributed by atoms with van der Waals surface area (Å²) in [6, 6.07) is 8.12. The first kappa shape index (κ1) is 12.7. The van der Waals surface area contributed by atoms with Crippen LogP contribution in [0.4, 0.5) is 5.82 Å². The molecular weight excluding hydrogens is 268 g/mol. The van der Waals surface area contributed by atoms with Crippen LogP contribution in [0, 0.1) is 0 Å². The van der Waals surface area contributed by atoms with Crippen molar-refractivity contribution in [2.75, 3.05) is 11.9 Å². The van der Waals surface area contributed by atoms with Gasteiger partial charge < -0.3 is 5.32 Å². The summed E-state index contributed by atoms with van der Waals surface area (Å²) in [5, 5.41) is 5.35. The molecular formula is C15H14N4S. The summed E-state index contributed by atoms with van der Waals surface area (Å²) in [5.74, 6) is 0.810. The number of rotatable bonds is 5. The highest BCUT2D eigenvalue weighted by Crippen LogP contribution is 2.22. The predicted molar refractivity (Wildman–Crippen MR) is 81.8 cm³/mol. The van der Waals surface area contributed by atoms with Gasteiger partial charge in [-0.3, -0.25) is 9.97 Å². The smallest absolute Gasteiger partial charge is 0.145 e. The molecule has 0 saturated heterocycles. The molecule has 0 fully saturated rings. The molecule has 20 heavy (non-hydrogen) atoms. The van der Waals surface area contributed by atoms with E-state index in [2.05, 4.69) is 26.3 Å². The maximum atomic E-state index is 4.57. The molecule has 0 unspecified atom stereocenters. The molecule has 0 bridgehead atoms. The molecule has 3 aromatic heterocycles. The predicted octanol–water partition coefficient (Wildman–Crippen LogP) is 3.25. The molecule has 0 saturated carbocycles. The summed E-state index contributed by atoms with van der Waals surface area (Å²) in [4.78, 5) is 14.0. The number of hydrogen-bond acceptors (Lipinski definition) is 5. The first-order valence-electron chi connectivity index (χ1n) is 6.40. The van der Waals surface area contributed by atoms with Crippen molar-refractivity contribution >= 4 is 17.2 Å². The van der Waals surface area contributed by atoms with E-state index in [1.807, 2.05) is 36.0 Å². The Hall–Kier alpha value is -2.27. The van der Waals surface area contributed by atoms with Crippen molar-refractivity contribution < 1.29 is 0 Å². The zero-order valence-electron chi connectivity index (χ0n) is 10.9. The number of nitrogens with one attached hydrogen (secondary N) is 1. The van der Waals surface area contributed by atoms with Crippen LogP contribution in [0.1, 0.15) is 5.56 Å². The minimum absolute atomic E-state index is 0.810. The summed E-state index contributed by atoms with van der Waals surface area (Å²) >= 11 is 1.67. The van der Waals surface area contributed by atoms with Crippen LogP contribution in [0.2, 0.25) is 0 Å². The fraction of sp³-hybridized carbons (Fsp3) is 0.133. The minimum Gasteiger partial charge on any atom is -0.368 e. The van der Waals surface area contributed by atoms with E-state index in [0.717, 1.165) is 29.4 Å². The molecule has 100 valence electrons. The van der Waals surface area contributed by atoms with Crippen LogP contribution in [0.3, 0.4) is 0 Å². The molecule has 4 nitrogen and oxygen atoms in total. The Morgan fingerprint density at radius 3 is 2.75 bits per heavy atom. The van der Waals surface area contributed by atoms with Gasteiger partial charge in [0.15, 0.2) is 0 Å². The van der Waals surface area contributed by atoms with Gasteiger partial charge in [0.2, 0.25) is 0 Å². The van der Waals surface area contributed by atoms with Gasteiger partial charge in [-0.05, 0) is 35.6 Å². The first-order chi connectivity index (χ1) is 9.92. The molecule has 0 aliphatic heterocycles. The topological polar surface area (TPSA) is 50.7 Å². The van der Waals surface area contributed by atoms with E-state index >= 15 is 0 Å². The highest BCUT2D eigenvalue weighted by atomic mass is 32.1. The molecule has 0 aliphatic rings. The van der Waals surface area contributed by atoms with Gasteiger partial charge >= 0.3 is 0 Å². The van der Waals surface area contributed by atoms with Gasteiger partial charge in [0.05, 0.1) is 17.3 Å². The first-order valence-corrected chi connectivity index (χ1v) is 7.28. The second-order valence-electron chi connectivity index (χ2n) is 4.30. The monoisotopic (exact) mass is 282 g/mol.